The summed E-state index contributed by atoms with van der Waals surface area (Å²) in [5.41, 5.74) is -0.155. The van der Waals surface area contributed by atoms with Crippen LogP contribution < -0.4 is 10.5 Å². The van der Waals surface area contributed by atoms with Crippen LogP contribution in [0.2, 0.25) is 0 Å². The van der Waals surface area contributed by atoms with Gasteiger partial charge in [0.15, 0.2) is 5.65 Å². The molecule has 1 fully saturated rings. The Kier molecular flexibility index (Phi) is 5.20. The Morgan fingerprint density at radius 1 is 1.32 bits per heavy atom. The molecule has 2 atom stereocenters. The molecule has 168 valence electrons. The molecule has 0 radical (unpaired) electrons. The summed E-state index contributed by atoms with van der Waals surface area (Å²) < 4.78 is 31.0. The van der Waals surface area contributed by atoms with Gasteiger partial charge in [-0.15, -0.1) is 0 Å². The predicted octanol–water partition coefficient (Wildman–Crippen LogP) is 2.71. The minimum Gasteiger partial charge on any atom is -0.444 e. The minimum atomic E-state index is -2.72. The number of aromatic nitrogens is 3. The van der Waals surface area contributed by atoms with Gasteiger partial charge in [0.05, 0.1) is 36.1 Å². The number of carbonyl (C=O) groups is 1. The minimum absolute atomic E-state index is 0.0163. The monoisotopic (exact) mass is 431 g/mol. The molecule has 0 saturated carbocycles. The summed E-state index contributed by atoms with van der Waals surface area (Å²) in [6.45, 7) is 7.56. The third kappa shape index (κ3) is 4.53. The maximum Gasteiger partial charge on any atom is 0.410 e. The molecule has 0 spiro atoms. The number of rotatable bonds is 4. The first-order valence-electron chi connectivity index (χ1n) is 12.1. The zero-order valence-corrected chi connectivity index (χ0v) is 18.8. The summed E-state index contributed by atoms with van der Waals surface area (Å²) in [6.07, 6.45) is 2.37. The number of anilines is 1. The summed E-state index contributed by atoms with van der Waals surface area (Å²) in [7, 11) is 0. The van der Waals surface area contributed by atoms with Gasteiger partial charge in [-0.05, 0) is 33.6 Å². The van der Waals surface area contributed by atoms with E-state index in [-0.39, 0.29) is 24.6 Å². The zero-order chi connectivity index (χ0) is 25.4. The molecule has 9 nitrogen and oxygen atoms in total. The topological polar surface area (TPSA) is 95.9 Å². The number of amides is 1. The molecular formula is C22H32N6O3. The van der Waals surface area contributed by atoms with Gasteiger partial charge in [-0.3, -0.25) is 4.79 Å². The van der Waals surface area contributed by atoms with Crippen molar-refractivity contribution >= 4 is 17.4 Å². The Morgan fingerprint density at radius 2 is 2.03 bits per heavy atom. The normalized spacial score (nSPS) is 21.4. The van der Waals surface area contributed by atoms with Crippen LogP contribution in [-0.2, 0) is 18.1 Å². The van der Waals surface area contributed by atoms with Crippen LogP contribution in [0, 0.1) is 11.3 Å². The summed E-state index contributed by atoms with van der Waals surface area (Å²) in [5, 5.41) is 9.12. The number of ether oxygens (including phenoxy) is 1. The number of aryl methyl sites for hydroxylation is 1. The fourth-order valence-electron chi connectivity index (χ4n) is 3.96. The lowest BCUT2D eigenvalue weighted by Gasteiger charge is -2.47. The second-order valence-electron chi connectivity index (χ2n) is 8.82. The molecule has 31 heavy (non-hydrogen) atoms. The molecule has 2 aromatic rings. The maximum absolute atomic E-state index is 13.0. The highest BCUT2D eigenvalue weighted by molar-refractivity contribution is 5.72. The van der Waals surface area contributed by atoms with Crippen molar-refractivity contribution in [3.05, 3.63) is 28.3 Å². The van der Waals surface area contributed by atoms with Crippen molar-refractivity contribution in [1.82, 2.24) is 19.1 Å². The SMILES string of the molecule is [2H]C([2H])([2H])n1c(=O)cc(N2C[C@@H](CC)N(C(=O)OC(C)(C)C)C[C@@H]2CC)c2nc(CC#N)cn21. The van der Waals surface area contributed by atoms with Crippen molar-refractivity contribution < 1.29 is 13.6 Å². The average Bonchev–Trinajstić information content (AvgIpc) is 3.13. The van der Waals surface area contributed by atoms with E-state index in [2.05, 4.69) is 4.98 Å². The Morgan fingerprint density at radius 3 is 2.61 bits per heavy atom. The van der Waals surface area contributed by atoms with Crippen LogP contribution in [0.4, 0.5) is 10.5 Å². The van der Waals surface area contributed by atoms with Crippen LogP contribution >= 0.6 is 0 Å². The van der Waals surface area contributed by atoms with Crippen LogP contribution in [0.5, 0.6) is 0 Å². The van der Waals surface area contributed by atoms with Gasteiger partial charge in [0, 0.05) is 36.3 Å². The summed E-state index contributed by atoms with van der Waals surface area (Å²) >= 11 is 0. The molecule has 3 heterocycles. The first-order chi connectivity index (χ1) is 15.8. The molecule has 1 saturated heterocycles. The summed E-state index contributed by atoms with van der Waals surface area (Å²) in [5.74, 6) is 0. The molecule has 0 aromatic carbocycles. The number of hydrogen-bond donors (Lipinski definition) is 0. The highest BCUT2D eigenvalue weighted by Crippen LogP contribution is 2.29. The van der Waals surface area contributed by atoms with Gasteiger partial charge in [-0.25, -0.2) is 19.0 Å². The number of hydrogen-bond acceptors (Lipinski definition) is 6. The fourth-order valence-corrected chi connectivity index (χ4v) is 3.96. The molecule has 0 N–H and O–H groups in total. The Labute approximate surface area is 187 Å². The Hall–Kier alpha value is -3.02. The van der Waals surface area contributed by atoms with Crippen molar-refractivity contribution in [3.8, 4) is 6.07 Å². The smallest absolute Gasteiger partial charge is 0.410 e. The van der Waals surface area contributed by atoms with Gasteiger partial charge in [0.25, 0.3) is 5.56 Å². The van der Waals surface area contributed by atoms with Gasteiger partial charge in [0.1, 0.15) is 5.60 Å². The van der Waals surface area contributed by atoms with E-state index in [1.807, 2.05) is 45.6 Å². The molecule has 2 aromatic heterocycles. The Bertz CT molecular complexity index is 1160. The van der Waals surface area contributed by atoms with Crippen molar-refractivity contribution in [1.29, 1.82) is 5.26 Å². The molecule has 1 amide bonds. The predicted molar refractivity (Wildman–Crippen MR) is 118 cm³/mol. The summed E-state index contributed by atoms with van der Waals surface area (Å²) in [4.78, 5) is 34.1. The quantitative estimate of drug-likeness (QED) is 0.739. The van der Waals surface area contributed by atoms with Crippen LogP contribution in [0.1, 0.15) is 57.3 Å². The van der Waals surface area contributed by atoms with E-state index in [0.717, 1.165) is 0 Å². The van der Waals surface area contributed by atoms with Crippen molar-refractivity contribution in [3.63, 3.8) is 0 Å². The highest BCUT2D eigenvalue weighted by atomic mass is 16.6. The van der Waals surface area contributed by atoms with E-state index in [9.17, 15) is 9.59 Å². The first-order valence-corrected chi connectivity index (χ1v) is 10.6. The molecule has 0 unspecified atom stereocenters. The number of piperazine rings is 1. The molecule has 0 aliphatic carbocycles. The fraction of sp³-hybridized carbons (Fsp3) is 0.636. The van der Waals surface area contributed by atoms with E-state index in [1.165, 1.54) is 16.8 Å². The zero-order valence-electron chi connectivity index (χ0n) is 21.8. The largest absolute Gasteiger partial charge is 0.444 e. The van der Waals surface area contributed by atoms with Crippen molar-refractivity contribution in [2.75, 3.05) is 18.0 Å². The van der Waals surface area contributed by atoms with E-state index < -0.39 is 18.1 Å². The van der Waals surface area contributed by atoms with Crippen LogP contribution in [-0.4, -0.2) is 55.9 Å². The molecule has 0 bridgehead atoms. The second kappa shape index (κ2) is 8.61. The maximum atomic E-state index is 13.0. The van der Waals surface area contributed by atoms with E-state index in [0.29, 0.717) is 47.6 Å². The Balaban J connectivity index is 2.11. The van der Waals surface area contributed by atoms with Gasteiger partial charge in [-0.2, -0.15) is 5.26 Å². The van der Waals surface area contributed by atoms with Gasteiger partial charge in [0.2, 0.25) is 0 Å². The lowest BCUT2D eigenvalue weighted by molar-refractivity contribution is 0.00989. The van der Waals surface area contributed by atoms with Gasteiger partial charge in [-0.1, -0.05) is 13.8 Å². The third-order valence-corrected chi connectivity index (χ3v) is 5.49. The average molecular weight is 432 g/mol. The number of nitriles is 1. The summed E-state index contributed by atoms with van der Waals surface area (Å²) in [6, 6.07) is 3.00. The van der Waals surface area contributed by atoms with Crippen LogP contribution in [0.15, 0.2) is 17.1 Å². The number of nitrogens with zero attached hydrogens (tertiary/aromatic N) is 6. The van der Waals surface area contributed by atoms with Crippen molar-refractivity contribution in [2.24, 2.45) is 6.98 Å². The molecule has 1 aliphatic rings. The number of carbonyl (C=O) groups excluding carboxylic acids is 1. The molecular weight excluding hydrogens is 396 g/mol. The number of fused-ring (bicyclic) bond motifs is 1. The van der Waals surface area contributed by atoms with Gasteiger partial charge >= 0.3 is 6.09 Å². The highest BCUT2D eigenvalue weighted by Gasteiger charge is 2.38. The third-order valence-electron chi connectivity index (χ3n) is 5.49. The van der Waals surface area contributed by atoms with Gasteiger partial charge < -0.3 is 14.5 Å². The van der Waals surface area contributed by atoms with E-state index in [4.69, 9.17) is 14.1 Å². The lowest BCUT2D eigenvalue weighted by atomic mass is 10.0. The van der Waals surface area contributed by atoms with Crippen LogP contribution in [0.25, 0.3) is 5.65 Å². The molecule has 9 heteroatoms. The van der Waals surface area contributed by atoms with E-state index >= 15 is 0 Å². The van der Waals surface area contributed by atoms with Crippen molar-refractivity contribution in [2.45, 2.75) is 71.6 Å². The molecule has 3 rings (SSSR count). The standard InChI is InChI=1S/C22H32N6O3/c1-7-16-14-27(21(30)31-22(3,4)5)17(8-2)13-26(16)18-11-19(29)25(6)28-12-15(9-10-23)24-20(18)28/h11-12,16-17H,7-9,13-14H2,1-6H3/t16-,17+/m0/s1/i6D3. The molecule has 1 aliphatic heterocycles. The lowest BCUT2D eigenvalue weighted by Crippen LogP contribution is -2.60. The second-order valence-corrected chi connectivity index (χ2v) is 8.82. The van der Waals surface area contributed by atoms with E-state index in [1.54, 1.807) is 4.90 Å². The first kappa shape index (κ1) is 18.7. The van der Waals surface area contributed by atoms with Crippen LogP contribution in [0.3, 0.4) is 0 Å². The number of imidazole rings is 1.